The van der Waals surface area contributed by atoms with E-state index in [-0.39, 0.29) is 0 Å². The molecule has 5 heteroatoms. The van der Waals surface area contributed by atoms with E-state index in [1.54, 1.807) is 0 Å². The first-order chi connectivity index (χ1) is 10.8. The molecule has 0 unspecified atom stereocenters. The lowest BCUT2D eigenvalue weighted by Gasteiger charge is -2.34. The summed E-state index contributed by atoms with van der Waals surface area (Å²) in [6.45, 7) is 6.53. The zero-order chi connectivity index (χ0) is 15.4. The van der Waals surface area contributed by atoms with Gasteiger partial charge >= 0.3 is 0 Å². The van der Waals surface area contributed by atoms with Crippen molar-refractivity contribution >= 4 is 0 Å². The molecule has 5 nitrogen and oxygen atoms in total. The van der Waals surface area contributed by atoms with Crippen molar-refractivity contribution in [1.82, 2.24) is 15.0 Å². The van der Waals surface area contributed by atoms with Crippen LogP contribution in [0.2, 0.25) is 0 Å². The second-order valence-corrected chi connectivity index (χ2v) is 5.78. The molecular weight excluding hydrogens is 278 g/mol. The third kappa shape index (κ3) is 3.47. The van der Waals surface area contributed by atoms with Crippen LogP contribution < -0.4 is 4.74 Å². The number of pyridine rings is 1. The van der Waals surface area contributed by atoms with Gasteiger partial charge in [0.05, 0.1) is 12.6 Å². The van der Waals surface area contributed by atoms with Gasteiger partial charge in [0.2, 0.25) is 5.88 Å². The van der Waals surface area contributed by atoms with Gasteiger partial charge in [-0.1, -0.05) is 17.6 Å². The minimum Gasteiger partial charge on any atom is -0.478 e. The molecule has 0 spiro atoms. The predicted molar refractivity (Wildman–Crippen MR) is 83.6 cm³/mol. The zero-order valence-corrected chi connectivity index (χ0v) is 13.3. The number of aryl methyl sites for hydroxylation is 1. The van der Waals surface area contributed by atoms with Gasteiger partial charge in [-0.05, 0) is 38.8 Å². The summed E-state index contributed by atoms with van der Waals surface area (Å²) in [5, 5.41) is 4.22. The van der Waals surface area contributed by atoms with Crippen molar-refractivity contribution < 1.29 is 9.26 Å². The number of hydrogen-bond donors (Lipinski definition) is 0. The summed E-state index contributed by atoms with van der Waals surface area (Å²) in [5.41, 5.74) is 2.26. The Bertz CT molecular complexity index is 594. The van der Waals surface area contributed by atoms with Crippen molar-refractivity contribution in [2.24, 2.45) is 0 Å². The van der Waals surface area contributed by atoms with Gasteiger partial charge in [0.25, 0.3) is 0 Å². The van der Waals surface area contributed by atoms with E-state index in [0.29, 0.717) is 18.5 Å². The number of aromatic nitrogens is 2. The first-order valence-corrected chi connectivity index (χ1v) is 8.01. The highest BCUT2D eigenvalue weighted by atomic mass is 16.5. The van der Waals surface area contributed by atoms with Crippen LogP contribution in [-0.2, 0) is 6.54 Å². The molecule has 3 heterocycles. The molecule has 0 saturated carbocycles. The maximum Gasteiger partial charge on any atom is 0.213 e. The lowest BCUT2D eigenvalue weighted by molar-refractivity contribution is 0.133. The van der Waals surface area contributed by atoms with Gasteiger partial charge in [-0.25, -0.2) is 4.98 Å². The van der Waals surface area contributed by atoms with Crippen molar-refractivity contribution in [2.45, 2.75) is 45.7 Å². The first-order valence-electron chi connectivity index (χ1n) is 8.01. The minimum atomic E-state index is 0.345. The number of ether oxygens (including phenoxy) is 1. The first kappa shape index (κ1) is 15.0. The van der Waals surface area contributed by atoms with Gasteiger partial charge in [0.1, 0.15) is 11.5 Å². The molecule has 1 fully saturated rings. The molecule has 3 rings (SSSR count). The number of likely N-dealkylation sites (tertiary alicyclic amines) is 1. The van der Waals surface area contributed by atoms with Gasteiger partial charge in [0.15, 0.2) is 0 Å². The van der Waals surface area contributed by atoms with Gasteiger partial charge in [-0.15, -0.1) is 0 Å². The number of hydrogen-bond acceptors (Lipinski definition) is 5. The Morgan fingerprint density at radius 1 is 1.36 bits per heavy atom. The molecule has 0 bridgehead atoms. The Balaban J connectivity index is 1.71. The van der Waals surface area contributed by atoms with Crippen LogP contribution >= 0.6 is 0 Å². The summed E-state index contributed by atoms with van der Waals surface area (Å²) in [6.07, 6.45) is 5.52. The van der Waals surface area contributed by atoms with Crippen LogP contribution in [0.15, 0.2) is 28.9 Å². The van der Waals surface area contributed by atoms with E-state index in [4.69, 9.17) is 9.26 Å². The van der Waals surface area contributed by atoms with Crippen molar-refractivity contribution in [1.29, 1.82) is 0 Å². The van der Waals surface area contributed by atoms with Crippen LogP contribution in [0.1, 0.15) is 49.2 Å². The maximum absolute atomic E-state index is 5.40. The fourth-order valence-electron chi connectivity index (χ4n) is 3.03. The lowest BCUT2D eigenvalue weighted by Crippen LogP contribution is -2.33. The van der Waals surface area contributed by atoms with E-state index >= 15 is 0 Å². The number of piperidine rings is 1. The molecule has 2 aromatic heterocycles. The molecule has 0 aromatic carbocycles. The van der Waals surface area contributed by atoms with Gasteiger partial charge in [0, 0.05) is 24.9 Å². The zero-order valence-electron chi connectivity index (χ0n) is 13.3. The van der Waals surface area contributed by atoms with Crippen LogP contribution in [0, 0.1) is 6.92 Å². The molecule has 0 aliphatic carbocycles. The molecule has 1 aliphatic rings. The van der Waals surface area contributed by atoms with Crippen LogP contribution in [0.5, 0.6) is 5.88 Å². The molecule has 0 radical (unpaired) electrons. The Morgan fingerprint density at radius 2 is 2.27 bits per heavy atom. The standard InChI is InChI=1S/C17H23N3O2/c1-3-21-17-8-7-14(11-18-17)12-20-9-5-4-6-16(20)15-10-13(2)22-19-15/h7-8,10-11,16H,3-6,9,12H2,1-2H3/t16-/m1/s1. The highest BCUT2D eigenvalue weighted by molar-refractivity contribution is 5.18. The Labute approximate surface area is 131 Å². The summed E-state index contributed by atoms with van der Waals surface area (Å²) in [6, 6.07) is 6.44. The monoisotopic (exact) mass is 301 g/mol. The van der Waals surface area contributed by atoms with Gasteiger partial charge < -0.3 is 9.26 Å². The Hall–Kier alpha value is -1.88. The summed E-state index contributed by atoms with van der Waals surface area (Å²) in [7, 11) is 0. The highest BCUT2D eigenvalue weighted by Crippen LogP contribution is 2.31. The van der Waals surface area contributed by atoms with E-state index in [1.165, 1.54) is 18.4 Å². The molecule has 22 heavy (non-hydrogen) atoms. The quantitative estimate of drug-likeness (QED) is 0.846. The fraction of sp³-hybridized carbons (Fsp3) is 0.529. The molecule has 1 saturated heterocycles. The summed E-state index contributed by atoms with van der Waals surface area (Å²) >= 11 is 0. The van der Waals surface area contributed by atoms with E-state index in [2.05, 4.69) is 27.2 Å². The molecule has 1 atom stereocenters. The van der Waals surface area contributed by atoms with Crippen molar-refractivity contribution in [2.75, 3.05) is 13.2 Å². The van der Waals surface area contributed by atoms with Crippen molar-refractivity contribution in [3.63, 3.8) is 0 Å². The van der Waals surface area contributed by atoms with E-state index < -0.39 is 0 Å². The summed E-state index contributed by atoms with van der Waals surface area (Å²) < 4.78 is 10.7. The van der Waals surface area contributed by atoms with Gasteiger partial charge in [-0.3, -0.25) is 4.90 Å². The minimum absolute atomic E-state index is 0.345. The number of nitrogens with zero attached hydrogens (tertiary/aromatic N) is 3. The Kier molecular flexibility index (Phi) is 4.73. The largest absolute Gasteiger partial charge is 0.478 e. The van der Waals surface area contributed by atoms with Gasteiger partial charge in [-0.2, -0.15) is 0 Å². The highest BCUT2D eigenvalue weighted by Gasteiger charge is 2.26. The molecule has 1 aliphatic heterocycles. The third-order valence-corrected chi connectivity index (χ3v) is 4.08. The average molecular weight is 301 g/mol. The summed E-state index contributed by atoms with van der Waals surface area (Å²) in [4.78, 5) is 6.82. The summed E-state index contributed by atoms with van der Waals surface area (Å²) in [5.74, 6) is 1.57. The van der Waals surface area contributed by atoms with Crippen LogP contribution in [0.4, 0.5) is 0 Å². The lowest BCUT2D eigenvalue weighted by atomic mass is 9.98. The van der Waals surface area contributed by atoms with E-state index in [9.17, 15) is 0 Å². The fourth-order valence-corrected chi connectivity index (χ4v) is 3.03. The molecule has 2 aromatic rings. The van der Waals surface area contributed by atoms with Crippen molar-refractivity contribution in [3.8, 4) is 5.88 Å². The average Bonchev–Trinajstić information content (AvgIpc) is 2.96. The van der Waals surface area contributed by atoms with Crippen LogP contribution in [-0.4, -0.2) is 28.2 Å². The third-order valence-electron chi connectivity index (χ3n) is 4.08. The second kappa shape index (κ2) is 6.92. The van der Waals surface area contributed by atoms with Crippen molar-refractivity contribution in [3.05, 3.63) is 41.4 Å². The number of rotatable bonds is 5. The molecule has 0 amide bonds. The predicted octanol–water partition coefficient (Wildman–Crippen LogP) is 3.50. The van der Waals surface area contributed by atoms with E-state index in [1.807, 2.05) is 26.1 Å². The maximum atomic E-state index is 5.40. The normalized spacial score (nSPS) is 19.3. The molecule has 0 N–H and O–H groups in total. The molecule has 118 valence electrons. The van der Waals surface area contributed by atoms with E-state index in [0.717, 1.165) is 31.0 Å². The second-order valence-electron chi connectivity index (χ2n) is 5.78. The van der Waals surface area contributed by atoms with Crippen LogP contribution in [0.25, 0.3) is 0 Å². The topological polar surface area (TPSA) is 51.4 Å². The van der Waals surface area contributed by atoms with Crippen LogP contribution in [0.3, 0.4) is 0 Å². The SMILES string of the molecule is CCOc1ccc(CN2CCCC[C@@H]2c2cc(C)on2)cn1. The molecular formula is C17H23N3O2. The smallest absolute Gasteiger partial charge is 0.213 e. The Morgan fingerprint density at radius 3 is 2.95 bits per heavy atom.